The number of benzene rings is 2. The number of amides is 2. The van der Waals surface area contributed by atoms with Crippen LogP contribution in [0.1, 0.15) is 51.2 Å². The fourth-order valence-electron chi connectivity index (χ4n) is 3.76. The Balaban J connectivity index is 1.90. The summed E-state index contributed by atoms with van der Waals surface area (Å²) in [6.45, 7) is 6.43. The van der Waals surface area contributed by atoms with Crippen molar-refractivity contribution in [2.45, 2.75) is 46.6 Å². The Morgan fingerprint density at radius 1 is 1.00 bits per heavy atom. The van der Waals surface area contributed by atoms with E-state index in [1.807, 2.05) is 19.9 Å². The van der Waals surface area contributed by atoms with Crippen LogP contribution in [0.2, 0.25) is 0 Å². The van der Waals surface area contributed by atoms with Gasteiger partial charge in [-0.25, -0.2) is 4.39 Å². The predicted octanol–water partition coefficient (Wildman–Crippen LogP) is 5.59. The van der Waals surface area contributed by atoms with Gasteiger partial charge in [0.1, 0.15) is 24.1 Å². The number of nitrogens with zero attached hydrogens (tertiary/aromatic N) is 2. The molecule has 0 atom stereocenters. The Hall–Kier alpha value is -3.92. The molecule has 3 rings (SSSR count). The largest absolute Gasteiger partial charge is 0.490 e. The van der Waals surface area contributed by atoms with Crippen molar-refractivity contribution in [3.05, 3.63) is 76.1 Å². The zero-order valence-electron chi connectivity index (χ0n) is 20.3. The number of unbranched alkanes of at least 4 members (excludes halogenated alkanes) is 2. The van der Waals surface area contributed by atoms with E-state index in [9.17, 15) is 19.2 Å². The third kappa shape index (κ3) is 6.15. The Morgan fingerprint density at radius 3 is 2.40 bits per heavy atom. The zero-order valence-corrected chi connectivity index (χ0v) is 20.3. The van der Waals surface area contributed by atoms with E-state index in [1.54, 1.807) is 43.3 Å². The molecule has 0 saturated heterocycles. The van der Waals surface area contributed by atoms with Gasteiger partial charge in [-0.3, -0.25) is 14.5 Å². The molecule has 2 aromatic rings. The van der Waals surface area contributed by atoms with Crippen molar-refractivity contribution in [2.75, 3.05) is 13.2 Å². The molecule has 0 aliphatic carbocycles. The lowest BCUT2D eigenvalue weighted by molar-refractivity contribution is -0.140. The van der Waals surface area contributed by atoms with Crippen LogP contribution in [0.4, 0.5) is 4.39 Å². The Morgan fingerprint density at radius 2 is 1.74 bits per heavy atom. The van der Waals surface area contributed by atoms with Crippen molar-refractivity contribution >= 4 is 17.9 Å². The van der Waals surface area contributed by atoms with E-state index in [0.29, 0.717) is 41.2 Å². The van der Waals surface area contributed by atoms with E-state index in [-0.39, 0.29) is 24.5 Å². The topological polar surface area (TPSA) is 79.6 Å². The molecule has 0 N–H and O–H groups in total. The number of ether oxygens (including phenoxy) is 2. The maximum atomic E-state index is 13.2. The highest BCUT2D eigenvalue weighted by Gasteiger charge is 2.35. The summed E-state index contributed by atoms with van der Waals surface area (Å²) in [7, 11) is 0. The van der Waals surface area contributed by atoms with Crippen LogP contribution in [0.3, 0.4) is 0 Å². The number of rotatable bonds is 10. The van der Waals surface area contributed by atoms with E-state index in [1.165, 1.54) is 12.1 Å². The van der Waals surface area contributed by atoms with Crippen LogP contribution in [0.15, 0.2) is 59.2 Å². The van der Waals surface area contributed by atoms with Crippen LogP contribution >= 0.6 is 0 Å². The van der Waals surface area contributed by atoms with E-state index in [0.717, 1.165) is 23.3 Å². The van der Waals surface area contributed by atoms with Gasteiger partial charge in [-0.1, -0.05) is 38.0 Å². The van der Waals surface area contributed by atoms with E-state index >= 15 is 0 Å². The molecule has 0 bridgehead atoms. The number of hydrogen-bond donors (Lipinski definition) is 0. The summed E-state index contributed by atoms with van der Waals surface area (Å²) in [6.07, 6.45) is 4.20. The lowest BCUT2D eigenvalue weighted by atomic mass is 9.93. The second-order valence-corrected chi connectivity index (χ2v) is 8.19. The quantitative estimate of drug-likeness (QED) is 0.254. The van der Waals surface area contributed by atoms with Gasteiger partial charge < -0.3 is 9.47 Å². The molecule has 0 aromatic heterocycles. The number of nitriles is 1. The summed E-state index contributed by atoms with van der Waals surface area (Å²) in [6, 6.07) is 13.3. The highest BCUT2D eigenvalue weighted by Crippen LogP contribution is 2.32. The van der Waals surface area contributed by atoms with Crippen molar-refractivity contribution in [1.29, 1.82) is 5.26 Å². The van der Waals surface area contributed by atoms with Gasteiger partial charge in [0.25, 0.3) is 11.8 Å². The lowest BCUT2D eigenvalue weighted by Crippen LogP contribution is -2.43. The number of imide groups is 1. The molecule has 2 amide bonds. The van der Waals surface area contributed by atoms with Crippen molar-refractivity contribution in [1.82, 2.24) is 4.90 Å². The number of halogens is 1. The average molecular weight is 477 g/mol. The summed E-state index contributed by atoms with van der Waals surface area (Å²) in [5.74, 6) is -0.257. The summed E-state index contributed by atoms with van der Waals surface area (Å²) in [5, 5.41) is 9.56. The number of hydrogen-bond acceptors (Lipinski definition) is 5. The predicted molar refractivity (Wildman–Crippen MR) is 131 cm³/mol. The van der Waals surface area contributed by atoms with Gasteiger partial charge in [-0.15, -0.1) is 0 Å². The van der Waals surface area contributed by atoms with Crippen LogP contribution in [-0.2, 0) is 16.2 Å². The first-order chi connectivity index (χ1) is 16.9. The van der Waals surface area contributed by atoms with E-state index in [2.05, 4.69) is 0 Å². The highest BCUT2D eigenvalue weighted by molar-refractivity contribution is 6.19. The fourth-order valence-corrected chi connectivity index (χ4v) is 3.76. The van der Waals surface area contributed by atoms with Gasteiger partial charge in [0.2, 0.25) is 0 Å². The van der Waals surface area contributed by atoms with Crippen molar-refractivity contribution in [2.24, 2.45) is 0 Å². The maximum Gasteiger partial charge on any atom is 0.271 e. The molecule has 0 radical (unpaired) electrons. The van der Waals surface area contributed by atoms with Crippen LogP contribution in [-0.4, -0.2) is 29.9 Å². The molecule has 7 heteroatoms. The third-order valence-corrected chi connectivity index (χ3v) is 5.70. The molecule has 0 saturated carbocycles. The molecule has 6 nitrogen and oxygen atoms in total. The second-order valence-electron chi connectivity index (χ2n) is 8.19. The standard InChI is InChI=1S/C28H29FN2O4/c1-4-6-7-14-31-27(32)23(19(3)24(17-30)28(31)33)15-21-10-13-25(26(16-21)34-5-2)35-18-20-8-11-22(29)12-9-20/h8-13,15-16H,4-7,14,18H2,1-3H3/b23-15+. The number of carbonyl (C=O) groups is 2. The third-order valence-electron chi connectivity index (χ3n) is 5.70. The molecular formula is C28H29FN2O4. The minimum Gasteiger partial charge on any atom is -0.490 e. The first-order valence-electron chi connectivity index (χ1n) is 11.7. The molecule has 182 valence electrons. The first kappa shape index (κ1) is 25.7. The normalized spacial score (nSPS) is 14.9. The first-order valence-corrected chi connectivity index (χ1v) is 11.7. The molecule has 1 aliphatic heterocycles. The van der Waals surface area contributed by atoms with Crippen LogP contribution < -0.4 is 9.47 Å². The smallest absolute Gasteiger partial charge is 0.271 e. The highest BCUT2D eigenvalue weighted by atomic mass is 19.1. The minimum absolute atomic E-state index is 0.0170. The van der Waals surface area contributed by atoms with Gasteiger partial charge in [-0.2, -0.15) is 5.26 Å². The Bertz CT molecular complexity index is 1190. The van der Waals surface area contributed by atoms with Gasteiger partial charge in [0, 0.05) is 12.1 Å². The van der Waals surface area contributed by atoms with Crippen LogP contribution in [0, 0.1) is 17.1 Å². The minimum atomic E-state index is -0.539. The summed E-state index contributed by atoms with van der Waals surface area (Å²) >= 11 is 0. The van der Waals surface area contributed by atoms with Crippen molar-refractivity contribution in [3.8, 4) is 17.6 Å². The van der Waals surface area contributed by atoms with Crippen molar-refractivity contribution < 1.29 is 23.5 Å². The molecule has 2 aromatic carbocycles. The summed E-state index contributed by atoms with van der Waals surface area (Å²) < 4.78 is 24.8. The van der Waals surface area contributed by atoms with Gasteiger partial charge in [0.15, 0.2) is 11.5 Å². The molecule has 0 fully saturated rings. The average Bonchev–Trinajstić information content (AvgIpc) is 2.85. The maximum absolute atomic E-state index is 13.2. The Labute approximate surface area is 205 Å². The van der Waals surface area contributed by atoms with Crippen LogP contribution in [0.5, 0.6) is 11.5 Å². The number of carbonyl (C=O) groups excluding carboxylic acids is 2. The molecule has 0 unspecified atom stereocenters. The molecule has 1 aliphatic rings. The molecular weight excluding hydrogens is 447 g/mol. The van der Waals surface area contributed by atoms with Crippen LogP contribution in [0.25, 0.3) is 6.08 Å². The summed E-state index contributed by atoms with van der Waals surface area (Å²) in [4.78, 5) is 27.0. The van der Waals surface area contributed by atoms with Gasteiger partial charge in [-0.05, 0) is 67.3 Å². The molecule has 0 spiro atoms. The van der Waals surface area contributed by atoms with Gasteiger partial charge in [0.05, 0.1) is 6.61 Å². The van der Waals surface area contributed by atoms with E-state index in [4.69, 9.17) is 9.47 Å². The van der Waals surface area contributed by atoms with E-state index < -0.39 is 11.8 Å². The monoisotopic (exact) mass is 476 g/mol. The zero-order chi connectivity index (χ0) is 25.4. The fraction of sp³-hybridized carbons (Fsp3) is 0.321. The molecule has 35 heavy (non-hydrogen) atoms. The lowest BCUT2D eigenvalue weighted by Gasteiger charge is -2.27. The van der Waals surface area contributed by atoms with Crippen molar-refractivity contribution in [3.63, 3.8) is 0 Å². The van der Waals surface area contributed by atoms with Gasteiger partial charge >= 0.3 is 0 Å². The molecule has 1 heterocycles. The second kappa shape index (κ2) is 12.0. The summed E-state index contributed by atoms with van der Waals surface area (Å²) in [5.41, 5.74) is 2.14. The Kier molecular flexibility index (Phi) is 8.80. The SMILES string of the molecule is CCCCCN1C(=O)C(C#N)=C(C)/C(=C\c2ccc(OCc3ccc(F)cc3)c(OCC)c2)C1=O.